The summed E-state index contributed by atoms with van der Waals surface area (Å²) in [6.45, 7) is 8.64. The maximum Gasteiger partial charge on any atom is 0.348 e. The molecule has 1 aliphatic carbocycles. The van der Waals surface area contributed by atoms with Gasteiger partial charge in [0.1, 0.15) is 11.0 Å². The van der Waals surface area contributed by atoms with Crippen molar-refractivity contribution in [2.24, 2.45) is 11.3 Å². The van der Waals surface area contributed by atoms with E-state index in [9.17, 15) is 4.79 Å². The number of esters is 1. The smallest absolute Gasteiger partial charge is 0.348 e. The third-order valence-corrected chi connectivity index (χ3v) is 4.82. The van der Waals surface area contributed by atoms with Gasteiger partial charge in [-0.25, -0.2) is 4.79 Å². The van der Waals surface area contributed by atoms with Gasteiger partial charge >= 0.3 is 5.97 Å². The van der Waals surface area contributed by atoms with E-state index in [1.807, 2.05) is 6.92 Å². The van der Waals surface area contributed by atoms with Crippen LogP contribution in [-0.2, 0) is 4.74 Å². The van der Waals surface area contributed by atoms with Crippen molar-refractivity contribution in [2.45, 2.75) is 53.1 Å². The molecule has 0 aliphatic heterocycles. The normalized spacial score (nSPS) is 26.1. The summed E-state index contributed by atoms with van der Waals surface area (Å²) in [6.07, 6.45) is 3.15. The van der Waals surface area contributed by atoms with Gasteiger partial charge in [-0.15, -0.1) is 11.3 Å². The van der Waals surface area contributed by atoms with E-state index in [0.29, 0.717) is 16.5 Å². The summed E-state index contributed by atoms with van der Waals surface area (Å²) in [5.74, 6) is 0.386. The second-order valence-corrected chi connectivity index (χ2v) is 7.82. The van der Waals surface area contributed by atoms with Crippen LogP contribution in [0.15, 0.2) is 6.07 Å². The molecule has 4 heteroatoms. The molecule has 19 heavy (non-hydrogen) atoms. The molecule has 2 unspecified atom stereocenters. The van der Waals surface area contributed by atoms with Crippen LogP contribution in [0.5, 0.6) is 0 Å². The Morgan fingerprint density at radius 3 is 2.68 bits per heavy atom. The average molecular weight is 281 g/mol. The van der Waals surface area contributed by atoms with Crippen molar-refractivity contribution in [1.82, 2.24) is 0 Å². The lowest BCUT2D eigenvalue weighted by molar-refractivity contribution is -0.00670. The number of nitrogens with two attached hydrogens (primary N) is 1. The van der Waals surface area contributed by atoms with Crippen molar-refractivity contribution in [3.8, 4) is 0 Å². The van der Waals surface area contributed by atoms with Gasteiger partial charge < -0.3 is 10.5 Å². The van der Waals surface area contributed by atoms with Gasteiger partial charge in [-0.1, -0.05) is 20.8 Å². The van der Waals surface area contributed by atoms with Gasteiger partial charge in [0.25, 0.3) is 0 Å². The first-order valence-electron chi connectivity index (χ1n) is 6.84. The largest absolute Gasteiger partial charge is 0.458 e. The van der Waals surface area contributed by atoms with Crippen LogP contribution in [0.4, 0.5) is 5.69 Å². The number of hydrogen-bond donors (Lipinski definition) is 1. The molecule has 0 bridgehead atoms. The molecule has 2 atom stereocenters. The lowest BCUT2D eigenvalue weighted by Gasteiger charge is -2.38. The molecule has 1 fully saturated rings. The monoisotopic (exact) mass is 281 g/mol. The molecule has 0 aromatic carbocycles. The summed E-state index contributed by atoms with van der Waals surface area (Å²) in [6, 6.07) is 1.72. The van der Waals surface area contributed by atoms with E-state index >= 15 is 0 Å². The number of ether oxygens (including phenoxy) is 1. The van der Waals surface area contributed by atoms with Crippen LogP contribution in [0.25, 0.3) is 0 Å². The first kappa shape index (κ1) is 14.4. The molecule has 106 valence electrons. The zero-order valence-electron chi connectivity index (χ0n) is 12.2. The Balaban J connectivity index is 2.02. The predicted octanol–water partition coefficient (Wildman–Crippen LogP) is 4.01. The highest BCUT2D eigenvalue weighted by molar-refractivity contribution is 7.14. The molecular formula is C15H23NO2S. The number of rotatable bonds is 2. The quantitative estimate of drug-likeness (QED) is 0.833. The lowest BCUT2D eigenvalue weighted by atomic mass is 9.71. The summed E-state index contributed by atoms with van der Waals surface area (Å²) in [7, 11) is 0. The summed E-state index contributed by atoms with van der Waals surface area (Å²) < 4.78 is 5.67. The van der Waals surface area contributed by atoms with Gasteiger partial charge in [-0.05, 0) is 43.6 Å². The molecule has 0 radical (unpaired) electrons. The minimum absolute atomic E-state index is 0.0369. The Morgan fingerprint density at radius 1 is 1.47 bits per heavy atom. The van der Waals surface area contributed by atoms with E-state index in [4.69, 9.17) is 10.5 Å². The van der Waals surface area contributed by atoms with Crippen LogP contribution >= 0.6 is 11.3 Å². The minimum Gasteiger partial charge on any atom is -0.458 e. The van der Waals surface area contributed by atoms with Crippen molar-refractivity contribution in [1.29, 1.82) is 0 Å². The van der Waals surface area contributed by atoms with E-state index in [1.165, 1.54) is 17.8 Å². The number of aryl methyl sites for hydroxylation is 1. The third-order valence-electron chi connectivity index (χ3n) is 3.78. The van der Waals surface area contributed by atoms with Crippen LogP contribution in [0, 0.1) is 18.3 Å². The Labute approximate surface area is 119 Å². The molecule has 1 aromatic heterocycles. The molecule has 2 N–H and O–H groups in total. The van der Waals surface area contributed by atoms with Crippen LogP contribution in [0.1, 0.15) is 54.6 Å². The number of nitrogen functional groups attached to an aromatic ring is 1. The summed E-state index contributed by atoms with van der Waals surface area (Å²) >= 11 is 1.41. The predicted molar refractivity (Wildman–Crippen MR) is 79.5 cm³/mol. The SMILES string of the molecule is Cc1sc(C(=O)OC2CC(C)CC(C)(C)C2)cc1N. The number of thiophene rings is 1. The Morgan fingerprint density at radius 2 is 2.16 bits per heavy atom. The topological polar surface area (TPSA) is 52.3 Å². The van der Waals surface area contributed by atoms with E-state index < -0.39 is 0 Å². The maximum atomic E-state index is 12.1. The van der Waals surface area contributed by atoms with Gasteiger partial charge in [-0.2, -0.15) is 0 Å². The molecule has 1 aromatic rings. The molecule has 1 aliphatic rings. The van der Waals surface area contributed by atoms with E-state index in [2.05, 4.69) is 20.8 Å². The van der Waals surface area contributed by atoms with Crippen LogP contribution in [-0.4, -0.2) is 12.1 Å². The second kappa shape index (κ2) is 5.16. The molecule has 0 saturated heterocycles. The van der Waals surface area contributed by atoms with Gasteiger partial charge in [-0.3, -0.25) is 0 Å². The Hall–Kier alpha value is -1.03. The fraction of sp³-hybridized carbons (Fsp3) is 0.667. The molecule has 0 amide bonds. The van der Waals surface area contributed by atoms with Crippen molar-refractivity contribution >= 4 is 23.0 Å². The van der Waals surface area contributed by atoms with Crippen molar-refractivity contribution in [3.05, 3.63) is 15.8 Å². The molecule has 3 nitrogen and oxygen atoms in total. The third kappa shape index (κ3) is 3.50. The molecule has 1 heterocycles. The zero-order chi connectivity index (χ0) is 14.2. The second-order valence-electron chi connectivity index (χ2n) is 6.56. The highest BCUT2D eigenvalue weighted by Gasteiger charge is 2.34. The van der Waals surface area contributed by atoms with Crippen LogP contribution < -0.4 is 5.73 Å². The molecule has 1 saturated carbocycles. The van der Waals surface area contributed by atoms with Gasteiger partial charge in [0, 0.05) is 10.6 Å². The highest BCUT2D eigenvalue weighted by Crippen LogP contribution is 2.40. The summed E-state index contributed by atoms with van der Waals surface area (Å²) in [5.41, 5.74) is 6.71. The Kier molecular flexibility index (Phi) is 3.90. The number of hydrogen-bond acceptors (Lipinski definition) is 4. The molecule has 2 rings (SSSR count). The first-order valence-corrected chi connectivity index (χ1v) is 7.65. The van der Waals surface area contributed by atoms with Crippen LogP contribution in [0.3, 0.4) is 0 Å². The van der Waals surface area contributed by atoms with Crippen molar-refractivity contribution in [3.63, 3.8) is 0 Å². The van der Waals surface area contributed by atoms with E-state index in [1.54, 1.807) is 6.07 Å². The van der Waals surface area contributed by atoms with Gasteiger partial charge in [0.05, 0.1) is 0 Å². The van der Waals surface area contributed by atoms with E-state index in [0.717, 1.165) is 17.7 Å². The zero-order valence-corrected chi connectivity index (χ0v) is 13.0. The van der Waals surface area contributed by atoms with Gasteiger partial charge in [0.2, 0.25) is 0 Å². The first-order chi connectivity index (χ1) is 8.77. The molecular weight excluding hydrogens is 258 g/mol. The van der Waals surface area contributed by atoms with Crippen molar-refractivity contribution < 1.29 is 9.53 Å². The van der Waals surface area contributed by atoms with Crippen LogP contribution in [0.2, 0.25) is 0 Å². The van der Waals surface area contributed by atoms with E-state index in [-0.39, 0.29) is 17.5 Å². The van der Waals surface area contributed by atoms with Crippen molar-refractivity contribution in [2.75, 3.05) is 5.73 Å². The van der Waals surface area contributed by atoms with Gasteiger partial charge in [0.15, 0.2) is 0 Å². The number of anilines is 1. The lowest BCUT2D eigenvalue weighted by Crippen LogP contribution is -2.33. The highest BCUT2D eigenvalue weighted by atomic mass is 32.1. The maximum absolute atomic E-state index is 12.1. The molecule has 0 spiro atoms. The average Bonchev–Trinajstić information content (AvgIpc) is 2.56. The number of carbonyl (C=O) groups is 1. The fourth-order valence-electron chi connectivity index (χ4n) is 3.15. The standard InChI is InChI=1S/C15H23NO2S/c1-9-5-11(8-15(3,4)7-9)18-14(17)13-6-12(16)10(2)19-13/h6,9,11H,5,7-8,16H2,1-4H3. The Bertz CT molecular complexity index is 459. The number of carbonyl (C=O) groups excluding carboxylic acids is 1. The summed E-state index contributed by atoms with van der Waals surface area (Å²) in [5, 5.41) is 0. The summed E-state index contributed by atoms with van der Waals surface area (Å²) in [4.78, 5) is 13.7. The fourth-order valence-corrected chi connectivity index (χ4v) is 3.98. The minimum atomic E-state index is -0.222.